The highest BCUT2D eigenvalue weighted by Crippen LogP contribution is 2.22. The van der Waals surface area contributed by atoms with Crippen LogP contribution >= 0.6 is 11.6 Å². The van der Waals surface area contributed by atoms with Gasteiger partial charge in [0.05, 0.1) is 23.0 Å². The van der Waals surface area contributed by atoms with E-state index in [1.54, 1.807) is 24.3 Å². The number of hydrogen-bond donors (Lipinski definition) is 1. The summed E-state index contributed by atoms with van der Waals surface area (Å²) in [6.45, 7) is 0. The van der Waals surface area contributed by atoms with Crippen molar-refractivity contribution >= 4 is 47.0 Å². The Hall–Kier alpha value is -3.50. The minimum atomic E-state index is -1.25. The van der Waals surface area contributed by atoms with Gasteiger partial charge in [0.25, 0.3) is 5.91 Å². The van der Waals surface area contributed by atoms with Crippen LogP contribution in [0.15, 0.2) is 53.5 Å². The number of carbonyl (C=O) groups excluding carboxylic acids is 3. The highest BCUT2D eigenvalue weighted by Gasteiger charge is 2.40. The Labute approximate surface area is 153 Å². The third-order valence-corrected chi connectivity index (χ3v) is 3.91. The standard InChI is InChI=1S/C18H11ClN4O3/c19-12-3-7-14(8-4-12)23-17(25)15(16(24)22-18(23)26)10-21-13-5-1-11(9-20)2-6-13/h1-8,10,15H,(H,22,24,26)/t15-/m1/s1. The molecule has 26 heavy (non-hydrogen) atoms. The third kappa shape index (κ3) is 3.45. The maximum absolute atomic E-state index is 12.6. The molecule has 0 unspecified atom stereocenters. The Morgan fingerprint density at radius 2 is 1.73 bits per heavy atom. The fourth-order valence-electron chi connectivity index (χ4n) is 2.34. The van der Waals surface area contributed by atoms with Crippen LogP contribution < -0.4 is 10.2 Å². The summed E-state index contributed by atoms with van der Waals surface area (Å²) in [7, 11) is 0. The molecule has 0 radical (unpaired) electrons. The van der Waals surface area contributed by atoms with E-state index in [0.29, 0.717) is 22.0 Å². The third-order valence-electron chi connectivity index (χ3n) is 3.66. The average molecular weight is 367 g/mol. The van der Waals surface area contributed by atoms with Crippen LogP contribution in [0.2, 0.25) is 5.02 Å². The van der Waals surface area contributed by atoms with Gasteiger partial charge >= 0.3 is 6.03 Å². The summed E-state index contributed by atoms with van der Waals surface area (Å²) in [4.78, 5) is 41.7. The molecule has 4 amide bonds. The summed E-state index contributed by atoms with van der Waals surface area (Å²) in [6, 6.07) is 13.5. The number of imide groups is 2. The highest BCUT2D eigenvalue weighted by atomic mass is 35.5. The number of anilines is 1. The van der Waals surface area contributed by atoms with E-state index in [4.69, 9.17) is 16.9 Å². The molecule has 2 aromatic rings. The zero-order valence-electron chi connectivity index (χ0n) is 13.2. The Morgan fingerprint density at radius 3 is 2.35 bits per heavy atom. The van der Waals surface area contributed by atoms with Crippen LogP contribution in [0.1, 0.15) is 5.56 Å². The van der Waals surface area contributed by atoms with E-state index in [2.05, 4.69) is 10.3 Å². The Morgan fingerprint density at radius 1 is 1.08 bits per heavy atom. The van der Waals surface area contributed by atoms with Crippen molar-refractivity contribution in [3.8, 4) is 6.07 Å². The molecule has 1 fully saturated rings. The number of rotatable bonds is 3. The largest absolute Gasteiger partial charge is 0.335 e. The Bertz CT molecular complexity index is 946. The summed E-state index contributed by atoms with van der Waals surface area (Å²) in [6.07, 6.45) is 1.18. The van der Waals surface area contributed by atoms with E-state index in [1.807, 2.05) is 6.07 Å². The summed E-state index contributed by atoms with van der Waals surface area (Å²) in [5.41, 5.74) is 1.23. The first-order valence-electron chi connectivity index (χ1n) is 7.48. The molecule has 1 aliphatic rings. The zero-order valence-corrected chi connectivity index (χ0v) is 14.0. The number of nitrogens with zero attached hydrogens (tertiary/aromatic N) is 3. The Kier molecular flexibility index (Phi) is 4.78. The number of aliphatic imine (C=N–C) groups is 1. The number of halogens is 1. The molecule has 1 atom stereocenters. The molecule has 1 heterocycles. The molecule has 2 aromatic carbocycles. The normalized spacial score (nSPS) is 17.3. The topological polar surface area (TPSA) is 103 Å². The molecule has 0 bridgehead atoms. The maximum atomic E-state index is 12.6. The lowest BCUT2D eigenvalue weighted by atomic mass is 10.1. The number of amides is 4. The molecule has 1 N–H and O–H groups in total. The lowest BCUT2D eigenvalue weighted by Crippen LogP contribution is -2.58. The molecule has 7 nitrogen and oxygen atoms in total. The van der Waals surface area contributed by atoms with Crippen molar-refractivity contribution in [1.82, 2.24) is 5.32 Å². The van der Waals surface area contributed by atoms with Crippen molar-refractivity contribution in [2.75, 3.05) is 4.90 Å². The van der Waals surface area contributed by atoms with Crippen molar-refractivity contribution in [2.45, 2.75) is 0 Å². The zero-order chi connectivity index (χ0) is 18.7. The van der Waals surface area contributed by atoms with Gasteiger partial charge in [-0.3, -0.25) is 19.9 Å². The van der Waals surface area contributed by atoms with Crippen LogP contribution in [0.25, 0.3) is 0 Å². The predicted molar refractivity (Wildman–Crippen MR) is 95.3 cm³/mol. The van der Waals surface area contributed by atoms with Crippen LogP contribution in [-0.4, -0.2) is 24.1 Å². The maximum Gasteiger partial charge on any atom is 0.335 e. The van der Waals surface area contributed by atoms with Gasteiger partial charge in [0.1, 0.15) is 0 Å². The second kappa shape index (κ2) is 7.17. The lowest BCUT2D eigenvalue weighted by Gasteiger charge is -2.28. The molecule has 0 spiro atoms. The van der Waals surface area contributed by atoms with Crippen molar-refractivity contribution in [1.29, 1.82) is 5.26 Å². The second-order valence-electron chi connectivity index (χ2n) is 5.36. The second-order valence-corrected chi connectivity index (χ2v) is 5.80. The van der Waals surface area contributed by atoms with E-state index in [0.717, 1.165) is 4.90 Å². The van der Waals surface area contributed by atoms with E-state index >= 15 is 0 Å². The molecule has 0 aromatic heterocycles. The van der Waals surface area contributed by atoms with E-state index in [-0.39, 0.29) is 0 Å². The number of hydrogen-bond acceptors (Lipinski definition) is 5. The molecule has 8 heteroatoms. The van der Waals surface area contributed by atoms with Gasteiger partial charge in [0.2, 0.25) is 5.91 Å². The van der Waals surface area contributed by atoms with Gasteiger partial charge in [-0.05, 0) is 48.5 Å². The SMILES string of the molecule is N#Cc1ccc(N=C[C@@H]2C(=O)NC(=O)N(c3ccc(Cl)cc3)C2=O)cc1. The van der Waals surface area contributed by atoms with Crippen molar-refractivity contribution in [2.24, 2.45) is 10.9 Å². The van der Waals surface area contributed by atoms with Gasteiger partial charge in [-0.1, -0.05) is 11.6 Å². The monoisotopic (exact) mass is 366 g/mol. The van der Waals surface area contributed by atoms with Crippen LogP contribution in [0.5, 0.6) is 0 Å². The lowest BCUT2D eigenvalue weighted by molar-refractivity contribution is -0.131. The fourth-order valence-corrected chi connectivity index (χ4v) is 2.47. The van der Waals surface area contributed by atoms with Crippen LogP contribution in [0, 0.1) is 17.2 Å². The summed E-state index contributed by atoms with van der Waals surface area (Å²) in [5.74, 6) is -2.71. The van der Waals surface area contributed by atoms with E-state index in [9.17, 15) is 14.4 Å². The van der Waals surface area contributed by atoms with Gasteiger partial charge < -0.3 is 0 Å². The number of nitrogens with one attached hydrogen (secondary N) is 1. The molecule has 0 saturated carbocycles. The highest BCUT2D eigenvalue weighted by molar-refractivity contribution is 6.33. The number of barbiturate groups is 1. The molecule has 128 valence electrons. The quantitative estimate of drug-likeness (QED) is 0.666. The van der Waals surface area contributed by atoms with Gasteiger partial charge in [0.15, 0.2) is 5.92 Å². The minimum Gasteiger partial charge on any atom is -0.276 e. The first kappa shape index (κ1) is 17.3. The summed E-state index contributed by atoms with van der Waals surface area (Å²) >= 11 is 5.81. The number of benzene rings is 2. The number of nitriles is 1. The molecular weight excluding hydrogens is 356 g/mol. The van der Waals surface area contributed by atoms with Crippen molar-refractivity contribution < 1.29 is 14.4 Å². The van der Waals surface area contributed by atoms with Gasteiger partial charge in [0, 0.05) is 11.2 Å². The van der Waals surface area contributed by atoms with Crippen LogP contribution in [0.3, 0.4) is 0 Å². The first-order valence-corrected chi connectivity index (χ1v) is 7.86. The number of urea groups is 1. The first-order chi connectivity index (χ1) is 12.5. The molecule has 3 rings (SSSR count). The molecular formula is C18H11ClN4O3. The van der Waals surface area contributed by atoms with Crippen LogP contribution in [0.4, 0.5) is 16.2 Å². The molecule has 0 aliphatic carbocycles. The van der Waals surface area contributed by atoms with Crippen molar-refractivity contribution in [3.63, 3.8) is 0 Å². The summed E-state index contributed by atoms with van der Waals surface area (Å²) in [5, 5.41) is 11.4. The van der Waals surface area contributed by atoms with Gasteiger partial charge in [-0.25, -0.2) is 9.69 Å². The smallest absolute Gasteiger partial charge is 0.276 e. The van der Waals surface area contributed by atoms with E-state index < -0.39 is 23.8 Å². The van der Waals surface area contributed by atoms with Gasteiger partial charge in [-0.2, -0.15) is 5.26 Å². The summed E-state index contributed by atoms with van der Waals surface area (Å²) < 4.78 is 0. The number of carbonyl (C=O) groups is 3. The fraction of sp³-hybridized carbons (Fsp3) is 0.0556. The minimum absolute atomic E-state index is 0.293. The average Bonchev–Trinajstić information content (AvgIpc) is 2.63. The molecule has 1 saturated heterocycles. The van der Waals surface area contributed by atoms with E-state index in [1.165, 1.54) is 30.5 Å². The Balaban J connectivity index is 1.86. The molecule has 1 aliphatic heterocycles. The predicted octanol–water partition coefficient (Wildman–Crippen LogP) is 2.81. The van der Waals surface area contributed by atoms with Gasteiger partial charge in [-0.15, -0.1) is 0 Å². The van der Waals surface area contributed by atoms with Crippen molar-refractivity contribution in [3.05, 3.63) is 59.1 Å². The van der Waals surface area contributed by atoms with Crippen LogP contribution in [-0.2, 0) is 9.59 Å².